The summed E-state index contributed by atoms with van der Waals surface area (Å²) in [6.07, 6.45) is 1.84. The molecule has 1 heterocycles. The molecule has 0 amide bonds. The topological polar surface area (TPSA) is 42.1 Å². The number of nitrogens with one attached hydrogen (secondary N) is 1. The number of aryl methyl sites for hydroxylation is 1. The van der Waals surface area contributed by atoms with Crippen molar-refractivity contribution in [1.82, 2.24) is 4.98 Å². The van der Waals surface area contributed by atoms with Gasteiger partial charge in [-0.25, -0.2) is 4.79 Å². The number of esters is 1. The van der Waals surface area contributed by atoms with Gasteiger partial charge >= 0.3 is 5.97 Å². The Morgan fingerprint density at radius 3 is 2.70 bits per heavy atom. The number of aromatic nitrogens is 1. The largest absolute Gasteiger partial charge is 0.465 e. The Kier molecular flexibility index (Phi) is 3.18. The molecule has 3 rings (SSSR count). The van der Waals surface area contributed by atoms with E-state index in [1.807, 2.05) is 24.3 Å². The smallest absolute Gasteiger partial charge is 0.338 e. The van der Waals surface area contributed by atoms with Crippen LogP contribution in [0.1, 0.15) is 29.3 Å². The summed E-state index contributed by atoms with van der Waals surface area (Å²) < 4.78 is 4.89. The second kappa shape index (κ2) is 5.00. The van der Waals surface area contributed by atoms with E-state index in [1.54, 1.807) is 0 Å². The predicted octanol–water partition coefficient (Wildman–Crippen LogP) is 4.06. The van der Waals surface area contributed by atoms with Crippen molar-refractivity contribution in [1.29, 1.82) is 0 Å². The van der Waals surface area contributed by atoms with Crippen molar-refractivity contribution in [2.45, 2.75) is 19.8 Å². The number of H-pyrrole nitrogens is 1. The monoisotopic (exact) mass is 267 g/mol. The molecule has 0 saturated carbocycles. The van der Waals surface area contributed by atoms with Gasteiger partial charge in [-0.15, -0.1) is 0 Å². The van der Waals surface area contributed by atoms with Gasteiger partial charge in [-0.05, 0) is 24.1 Å². The molecule has 0 fully saturated rings. The number of hydrogen-bond acceptors (Lipinski definition) is 2. The molecular weight excluding hydrogens is 250 g/mol. The van der Waals surface area contributed by atoms with E-state index in [0.717, 1.165) is 34.8 Å². The van der Waals surface area contributed by atoms with Crippen molar-refractivity contribution >= 4 is 27.8 Å². The summed E-state index contributed by atoms with van der Waals surface area (Å²) in [4.78, 5) is 15.4. The van der Waals surface area contributed by atoms with Crippen molar-refractivity contribution < 1.29 is 9.53 Å². The summed E-state index contributed by atoms with van der Waals surface area (Å²) in [7, 11) is 1.42. The van der Waals surface area contributed by atoms with E-state index in [-0.39, 0.29) is 5.97 Å². The molecule has 0 aliphatic rings. The molecule has 3 heteroatoms. The van der Waals surface area contributed by atoms with Crippen LogP contribution < -0.4 is 0 Å². The number of para-hydroxylation sites is 1. The maximum atomic E-state index is 11.9. The second-order valence-electron chi connectivity index (χ2n) is 4.93. The standard InChI is InChI=1S/C17H17NO2/c1-3-6-12-14(17(19)20-2)10-9-13-11-7-4-5-8-15(11)18-16(12)13/h4-5,7-10,18H,3,6H2,1-2H3. The lowest BCUT2D eigenvalue weighted by molar-refractivity contribution is 0.0599. The highest BCUT2D eigenvalue weighted by atomic mass is 16.5. The van der Waals surface area contributed by atoms with E-state index >= 15 is 0 Å². The van der Waals surface area contributed by atoms with Crippen LogP contribution >= 0.6 is 0 Å². The van der Waals surface area contributed by atoms with Gasteiger partial charge in [-0.3, -0.25) is 0 Å². The van der Waals surface area contributed by atoms with Crippen LogP contribution in [0.4, 0.5) is 0 Å². The number of ether oxygens (including phenoxy) is 1. The van der Waals surface area contributed by atoms with Crippen LogP contribution in [0.15, 0.2) is 36.4 Å². The Labute approximate surface area is 117 Å². The third-order valence-corrected chi connectivity index (χ3v) is 3.70. The van der Waals surface area contributed by atoms with Gasteiger partial charge in [0, 0.05) is 16.3 Å². The third kappa shape index (κ3) is 1.86. The zero-order valence-electron chi connectivity index (χ0n) is 11.7. The van der Waals surface area contributed by atoms with Crippen molar-refractivity contribution in [2.75, 3.05) is 7.11 Å². The minimum absolute atomic E-state index is 0.269. The maximum Gasteiger partial charge on any atom is 0.338 e. The quantitative estimate of drug-likeness (QED) is 0.727. The summed E-state index contributed by atoms with van der Waals surface area (Å²) >= 11 is 0. The molecular formula is C17H17NO2. The highest BCUT2D eigenvalue weighted by Gasteiger charge is 2.16. The van der Waals surface area contributed by atoms with Crippen LogP contribution in [-0.2, 0) is 11.2 Å². The predicted molar refractivity (Wildman–Crippen MR) is 81.1 cm³/mol. The first-order chi connectivity index (χ1) is 9.76. The number of carbonyl (C=O) groups excluding carboxylic acids is 1. The van der Waals surface area contributed by atoms with Gasteiger partial charge in [-0.2, -0.15) is 0 Å². The van der Waals surface area contributed by atoms with Crippen LogP contribution in [0.3, 0.4) is 0 Å². The summed E-state index contributed by atoms with van der Waals surface area (Å²) in [6, 6.07) is 12.1. The van der Waals surface area contributed by atoms with Crippen LogP contribution in [-0.4, -0.2) is 18.1 Å². The normalized spacial score (nSPS) is 11.1. The van der Waals surface area contributed by atoms with E-state index in [4.69, 9.17) is 4.74 Å². The highest BCUT2D eigenvalue weighted by molar-refractivity contribution is 6.10. The molecule has 20 heavy (non-hydrogen) atoms. The van der Waals surface area contributed by atoms with Crippen LogP contribution in [0.25, 0.3) is 21.8 Å². The average molecular weight is 267 g/mol. The van der Waals surface area contributed by atoms with E-state index in [2.05, 4.69) is 24.0 Å². The number of hydrogen-bond donors (Lipinski definition) is 1. The van der Waals surface area contributed by atoms with Crippen molar-refractivity contribution in [3.8, 4) is 0 Å². The van der Waals surface area contributed by atoms with E-state index in [9.17, 15) is 4.79 Å². The lowest BCUT2D eigenvalue weighted by Gasteiger charge is -2.08. The first kappa shape index (κ1) is 12.7. The lowest BCUT2D eigenvalue weighted by atomic mass is 9.99. The molecule has 0 unspecified atom stereocenters. The Balaban J connectivity index is 2.36. The van der Waals surface area contributed by atoms with Gasteiger partial charge in [-0.1, -0.05) is 37.6 Å². The van der Waals surface area contributed by atoms with Crippen molar-refractivity contribution in [3.05, 3.63) is 47.5 Å². The summed E-state index contributed by atoms with van der Waals surface area (Å²) in [6.45, 7) is 2.11. The third-order valence-electron chi connectivity index (χ3n) is 3.70. The van der Waals surface area contributed by atoms with E-state index < -0.39 is 0 Å². The molecule has 1 aromatic heterocycles. The minimum atomic E-state index is -0.269. The molecule has 0 radical (unpaired) electrons. The van der Waals surface area contributed by atoms with E-state index in [1.165, 1.54) is 12.5 Å². The average Bonchev–Trinajstić information content (AvgIpc) is 2.86. The van der Waals surface area contributed by atoms with Gasteiger partial charge in [0.1, 0.15) is 0 Å². The highest BCUT2D eigenvalue weighted by Crippen LogP contribution is 2.30. The number of aromatic amines is 1. The minimum Gasteiger partial charge on any atom is -0.465 e. The summed E-state index contributed by atoms with van der Waals surface area (Å²) in [5, 5.41) is 2.35. The number of benzene rings is 2. The molecule has 3 aromatic rings. The molecule has 3 nitrogen and oxygen atoms in total. The van der Waals surface area contributed by atoms with E-state index in [0.29, 0.717) is 5.56 Å². The molecule has 0 aliphatic carbocycles. The number of fused-ring (bicyclic) bond motifs is 3. The molecule has 0 atom stereocenters. The van der Waals surface area contributed by atoms with Gasteiger partial charge in [0.2, 0.25) is 0 Å². The molecule has 0 aliphatic heterocycles. The summed E-state index contributed by atoms with van der Waals surface area (Å²) in [5.41, 5.74) is 3.86. The Morgan fingerprint density at radius 1 is 1.15 bits per heavy atom. The van der Waals surface area contributed by atoms with Crippen LogP contribution in [0.2, 0.25) is 0 Å². The zero-order chi connectivity index (χ0) is 14.1. The molecule has 2 aromatic carbocycles. The van der Waals surface area contributed by atoms with Crippen molar-refractivity contribution in [2.24, 2.45) is 0 Å². The number of methoxy groups -OCH3 is 1. The maximum absolute atomic E-state index is 11.9. The fraction of sp³-hybridized carbons (Fsp3) is 0.235. The van der Waals surface area contributed by atoms with Crippen molar-refractivity contribution in [3.63, 3.8) is 0 Å². The second-order valence-corrected chi connectivity index (χ2v) is 4.93. The molecule has 0 saturated heterocycles. The SMILES string of the molecule is CCCc1c(C(=O)OC)ccc2c1[nH]c1ccccc12. The molecule has 1 N–H and O–H groups in total. The van der Waals surface area contributed by atoms with Gasteiger partial charge in [0.15, 0.2) is 0 Å². The molecule has 0 spiro atoms. The summed E-state index contributed by atoms with van der Waals surface area (Å²) in [5.74, 6) is -0.269. The first-order valence-corrected chi connectivity index (χ1v) is 6.87. The fourth-order valence-electron chi connectivity index (χ4n) is 2.79. The number of carbonyl (C=O) groups is 1. The van der Waals surface area contributed by atoms with Gasteiger partial charge in [0.25, 0.3) is 0 Å². The Morgan fingerprint density at radius 2 is 1.95 bits per heavy atom. The fourth-order valence-corrected chi connectivity index (χ4v) is 2.79. The van der Waals surface area contributed by atoms with Crippen LogP contribution in [0, 0.1) is 0 Å². The lowest BCUT2D eigenvalue weighted by Crippen LogP contribution is -2.06. The van der Waals surface area contributed by atoms with Gasteiger partial charge < -0.3 is 9.72 Å². The molecule has 0 bridgehead atoms. The van der Waals surface area contributed by atoms with Crippen LogP contribution in [0.5, 0.6) is 0 Å². The first-order valence-electron chi connectivity index (χ1n) is 6.87. The Hall–Kier alpha value is -2.29. The Bertz CT molecular complexity index is 786. The zero-order valence-corrected chi connectivity index (χ0v) is 11.7. The molecule has 102 valence electrons. The van der Waals surface area contributed by atoms with Gasteiger partial charge in [0.05, 0.1) is 18.2 Å². The number of rotatable bonds is 3.